The van der Waals surface area contributed by atoms with Crippen LogP contribution in [0.5, 0.6) is 0 Å². The van der Waals surface area contributed by atoms with Crippen LogP contribution in [0.3, 0.4) is 0 Å². The summed E-state index contributed by atoms with van der Waals surface area (Å²) in [7, 11) is -4.12. The Kier molecular flexibility index (Phi) is 3.56. The summed E-state index contributed by atoms with van der Waals surface area (Å²) in [5.74, 6) is 0. The smallest absolute Gasteiger partial charge is 0.291 e. The van der Waals surface area contributed by atoms with Gasteiger partial charge in [-0.05, 0) is 19.1 Å². The first kappa shape index (κ1) is 15.7. The van der Waals surface area contributed by atoms with Gasteiger partial charge in [-0.1, -0.05) is 17.7 Å². The van der Waals surface area contributed by atoms with Gasteiger partial charge in [-0.2, -0.15) is 0 Å². The molecule has 0 spiro atoms. The number of aryl methyl sites for hydroxylation is 1. The minimum atomic E-state index is -4.12. The molecule has 0 bridgehead atoms. The molecule has 0 atom stereocenters. The highest BCUT2D eigenvalue weighted by Gasteiger charge is 2.21. The molecule has 2 aromatic heterocycles. The Morgan fingerprint density at radius 3 is 2.50 bits per heavy atom. The number of hydrogen-bond acceptors (Lipinski definition) is 6. The van der Waals surface area contributed by atoms with Gasteiger partial charge >= 0.3 is 11.7 Å². The number of carbonyl (C=O) groups is 1. The zero-order valence-electron chi connectivity index (χ0n) is 12.2. The number of imidazole rings is 1. The van der Waals surface area contributed by atoms with Crippen molar-refractivity contribution < 1.29 is 13.2 Å². The topological polar surface area (TPSA) is 147 Å². The number of rotatable bonds is 2. The molecule has 11 heteroatoms. The molecule has 10 nitrogen and oxygen atoms in total. The fourth-order valence-electron chi connectivity index (χ4n) is 2.03. The number of aromatic amines is 2. The molecule has 3 aromatic rings. The number of carbonyl (C=O) groups excluding carboxylic acids is 1. The third-order valence-corrected chi connectivity index (χ3v) is 4.55. The lowest BCUT2D eigenvalue weighted by Gasteiger charge is -2.07. The first-order valence-corrected chi connectivity index (χ1v) is 8.10. The van der Waals surface area contributed by atoms with E-state index in [0.29, 0.717) is 0 Å². The Balaban J connectivity index is 2.00. The van der Waals surface area contributed by atoms with E-state index in [1.54, 1.807) is 19.1 Å². The Hall–Kier alpha value is -3.21. The van der Waals surface area contributed by atoms with Crippen LogP contribution < -0.4 is 16.0 Å². The number of nitrogens with zero attached hydrogens (tertiary/aromatic N) is 2. The van der Waals surface area contributed by atoms with Crippen LogP contribution in [0.4, 0.5) is 4.79 Å². The van der Waals surface area contributed by atoms with Crippen molar-refractivity contribution in [3.63, 3.8) is 0 Å². The number of sulfonamides is 1. The maximum atomic E-state index is 12.2. The molecule has 124 valence electrons. The predicted molar refractivity (Wildman–Crippen MR) is 83.3 cm³/mol. The lowest BCUT2D eigenvalue weighted by atomic mass is 10.2. The van der Waals surface area contributed by atoms with Gasteiger partial charge < -0.3 is 0 Å². The molecule has 3 N–H and O–H groups in total. The summed E-state index contributed by atoms with van der Waals surface area (Å²) in [4.78, 5) is 42.9. The largest absolute Gasteiger partial charge is 0.342 e. The zero-order valence-corrected chi connectivity index (χ0v) is 13.0. The van der Waals surface area contributed by atoms with Crippen molar-refractivity contribution in [2.45, 2.75) is 11.8 Å². The van der Waals surface area contributed by atoms with Crippen LogP contribution in [0.1, 0.15) is 5.56 Å². The van der Waals surface area contributed by atoms with Gasteiger partial charge in [0.25, 0.3) is 15.6 Å². The molecule has 0 saturated carbocycles. The van der Waals surface area contributed by atoms with E-state index in [1.165, 1.54) is 12.1 Å². The van der Waals surface area contributed by atoms with Gasteiger partial charge in [0.1, 0.15) is 6.33 Å². The van der Waals surface area contributed by atoms with E-state index in [9.17, 15) is 22.8 Å². The second-order valence-corrected chi connectivity index (χ2v) is 6.63. The molecule has 2 heterocycles. The molecule has 0 unspecified atom stereocenters. The van der Waals surface area contributed by atoms with Gasteiger partial charge in [0.15, 0.2) is 11.2 Å². The first-order chi connectivity index (χ1) is 11.3. The van der Waals surface area contributed by atoms with Crippen LogP contribution in [0.2, 0.25) is 0 Å². The van der Waals surface area contributed by atoms with Crippen LogP contribution in [0.15, 0.2) is 45.1 Å². The summed E-state index contributed by atoms with van der Waals surface area (Å²) >= 11 is 0. The lowest BCUT2D eigenvalue weighted by Crippen LogP contribution is -2.34. The second kappa shape index (κ2) is 5.45. The van der Waals surface area contributed by atoms with Gasteiger partial charge in [-0.25, -0.2) is 32.3 Å². The molecular weight excluding hydrogens is 338 g/mol. The minimum absolute atomic E-state index is 0.0998. The standard InChI is InChI=1S/C13H11N5O5S/c1-7-2-4-8(5-3-7)24(22,23)17-13(21)18-6-14-9-10(18)15-12(20)16-11(9)19/h2-6H,1H3,(H,17,21)(H2,15,16,19,20). The summed E-state index contributed by atoms with van der Waals surface area (Å²) in [6.07, 6.45) is 0.940. The molecule has 0 fully saturated rings. The molecule has 3 rings (SSSR count). The fourth-order valence-corrected chi connectivity index (χ4v) is 2.97. The summed E-state index contributed by atoms with van der Waals surface area (Å²) < 4.78 is 27.0. The molecular formula is C13H11N5O5S. The molecule has 1 amide bonds. The van der Waals surface area contributed by atoms with Crippen LogP contribution in [0, 0.1) is 6.92 Å². The first-order valence-electron chi connectivity index (χ1n) is 6.61. The Morgan fingerprint density at radius 2 is 1.83 bits per heavy atom. The van der Waals surface area contributed by atoms with E-state index in [2.05, 4.69) is 9.97 Å². The van der Waals surface area contributed by atoms with Gasteiger partial charge in [0.05, 0.1) is 4.90 Å². The average Bonchev–Trinajstić information content (AvgIpc) is 2.91. The van der Waals surface area contributed by atoms with Gasteiger partial charge in [-0.15, -0.1) is 0 Å². The summed E-state index contributed by atoms with van der Waals surface area (Å²) in [5.41, 5.74) is -1.18. The molecule has 0 saturated heterocycles. The maximum absolute atomic E-state index is 12.2. The van der Waals surface area contributed by atoms with E-state index in [1.807, 2.05) is 9.71 Å². The number of benzene rings is 1. The number of H-pyrrole nitrogens is 2. The lowest BCUT2D eigenvalue weighted by molar-refractivity contribution is 0.248. The van der Waals surface area contributed by atoms with Crippen molar-refractivity contribution >= 4 is 27.2 Å². The van der Waals surface area contributed by atoms with Crippen molar-refractivity contribution in [2.75, 3.05) is 0 Å². The van der Waals surface area contributed by atoms with Gasteiger partial charge in [-0.3, -0.25) is 14.8 Å². The monoisotopic (exact) mass is 349 g/mol. The quantitative estimate of drug-likeness (QED) is 0.577. The van der Waals surface area contributed by atoms with E-state index in [0.717, 1.165) is 16.5 Å². The highest BCUT2D eigenvalue weighted by atomic mass is 32.2. The second-order valence-electron chi connectivity index (χ2n) is 4.94. The average molecular weight is 349 g/mol. The molecule has 0 aliphatic carbocycles. The highest BCUT2D eigenvalue weighted by molar-refractivity contribution is 7.90. The van der Waals surface area contributed by atoms with Crippen molar-refractivity contribution in [1.82, 2.24) is 24.2 Å². The van der Waals surface area contributed by atoms with Crippen molar-refractivity contribution in [2.24, 2.45) is 0 Å². The minimum Gasteiger partial charge on any atom is -0.291 e. The zero-order chi connectivity index (χ0) is 17.5. The highest BCUT2D eigenvalue weighted by Crippen LogP contribution is 2.10. The molecule has 24 heavy (non-hydrogen) atoms. The maximum Gasteiger partial charge on any atom is 0.342 e. The number of nitrogens with one attached hydrogen (secondary N) is 3. The van der Waals surface area contributed by atoms with Crippen LogP contribution in [-0.2, 0) is 10.0 Å². The summed E-state index contributed by atoms with van der Waals surface area (Å²) in [6, 6.07) is 4.79. The fraction of sp³-hybridized carbons (Fsp3) is 0.0769. The Labute approximate surface area is 134 Å². The third-order valence-electron chi connectivity index (χ3n) is 3.21. The molecule has 0 aliphatic rings. The summed E-state index contributed by atoms with van der Waals surface area (Å²) in [6.45, 7) is 1.79. The van der Waals surface area contributed by atoms with E-state index in [4.69, 9.17) is 0 Å². The number of amides is 1. The van der Waals surface area contributed by atoms with Crippen molar-refractivity contribution in [3.05, 3.63) is 57.0 Å². The van der Waals surface area contributed by atoms with Gasteiger partial charge in [0.2, 0.25) is 0 Å². The van der Waals surface area contributed by atoms with Crippen LogP contribution >= 0.6 is 0 Å². The molecule has 0 radical (unpaired) electrons. The molecule has 1 aromatic carbocycles. The Morgan fingerprint density at radius 1 is 1.17 bits per heavy atom. The molecule has 0 aliphatic heterocycles. The number of aromatic nitrogens is 4. The van der Waals surface area contributed by atoms with Crippen LogP contribution in [-0.4, -0.2) is 34.0 Å². The normalized spacial score (nSPS) is 11.5. The van der Waals surface area contributed by atoms with E-state index in [-0.39, 0.29) is 16.1 Å². The van der Waals surface area contributed by atoms with Crippen molar-refractivity contribution in [1.29, 1.82) is 0 Å². The van der Waals surface area contributed by atoms with Crippen molar-refractivity contribution in [3.8, 4) is 0 Å². The summed E-state index contributed by atoms with van der Waals surface area (Å²) in [5, 5.41) is 0. The SMILES string of the molecule is Cc1ccc(S(=O)(=O)NC(=O)n2cnc3c(=O)[nH]c(=O)[nH]c32)cc1. The predicted octanol–water partition coefficient (Wildman–Crippen LogP) is -0.332. The number of hydrogen-bond donors (Lipinski definition) is 3. The number of fused-ring (bicyclic) bond motifs is 1. The van der Waals surface area contributed by atoms with E-state index >= 15 is 0 Å². The third kappa shape index (κ3) is 2.72. The van der Waals surface area contributed by atoms with Crippen LogP contribution in [0.25, 0.3) is 11.2 Å². The van der Waals surface area contributed by atoms with Gasteiger partial charge in [0, 0.05) is 0 Å². The Bertz CT molecular complexity index is 1150. The van der Waals surface area contributed by atoms with E-state index < -0.39 is 27.3 Å².